The van der Waals surface area contributed by atoms with Gasteiger partial charge in [-0.3, -0.25) is 9.59 Å². The number of carbonyl (C=O) groups excluding carboxylic acids is 2. The zero-order valence-corrected chi connectivity index (χ0v) is 21.6. The summed E-state index contributed by atoms with van der Waals surface area (Å²) < 4.78 is 16.5. The Balaban J connectivity index is 1.48. The number of amides is 2. The monoisotopic (exact) mass is 583 g/mol. The Bertz CT molecular complexity index is 1490. The lowest BCUT2D eigenvalue weighted by molar-refractivity contribution is -0.121. The fraction of sp³-hybridized carbons (Fsp3) is 0.154. The number of benzene rings is 3. The van der Waals surface area contributed by atoms with Crippen LogP contribution >= 0.6 is 27.5 Å². The Labute approximate surface area is 224 Å². The minimum atomic E-state index is -0.945. The third kappa shape index (κ3) is 4.87. The zero-order chi connectivity index (χ0) is 26.1. The summed E-state index contributed by atoms with van der Waals surface area (Å²) in [6, 6.07) is 15.8. The number of nitrogens with zero attached hydrogens (tertiary/aromatic N) is 4. The van der Waals surface area contributed by atoms with Crippen molar-refractivity contribution >= 4 is 45.0 Å². The van der Waals surface area contributed by atoms with Gasteiger partial charge in [0.1, 0.15) is 11.7 Å². The molecule has 0 spiro atoms. The summed E-state index contributed by atoms with van der Waals surface area (Å²) in [6.45, 7) is 0.147. The third-order valence-corrected chi connectivity index (χ3v) is 7.20. The van der Waals surface area contributed by atoms with Crippen LogP contribution in [0.15, 0.2) is 71.3 Å². The summed E-state index contributed by atoms with van der Waals surface area (Å²) in [4.78, 5) is 28.6. The maximum atomic E-state index is 14.5. The summed E-state index contributed by atoms with van der Waals surface area (Å²) in [5, 5.41) is 19.9. The highest BCUT2D eigenvalue weighted by atomic mass is 79.9. The van der Waals surface area contributed by atoms with E-state index in [1.165, 1.54) is 23.2 Å². The molecular weight excluding hydrogens is 565 g/mol. The molecular formula is C26H20BrClFN5O3. The second kappa shape index (κ2) is 10.4. The molecule has 0 bridgehead atoms. The van der Waals surface area contributed by atoms with Gasteiger partial charge < -0.3 is 15.3 Å². The smallest absolute Gasteiger partial charge is 0.277 e. The molecule has 188 valence electrons. The predicted molar refractivity (Wildman–Crippen MR) is 139 cm³/mol. The third-order valence-electron chi connectivity index (χ3n) is 6.17. The van der Waals surface area contributed by atoms with Gasteiger partial charge in [0.25, 0.3) is 11.8 Å². The van der Waals surface area contributed by atoms with Gasteiger partial charge in [-0.15, -0.1) is 5.10 Å². The molecule has 2 heterocycles. The van der Waals surface area contributed by atoms with Crippen LogP contribution in [-0.4, -0.2) is 43.4 Å². The first-order valence-corrected chi connectivity index (χ1v) is 12.5. The van der Waals surface area contributed by atoms with Crippen molar-refractivity contribution in [3.8, 4) is 5.69 Å². The number of fused-ring (bicyclic) bond motifs is 1. The molecule has 4 aromatic rings. The first-order chi connectivity index (χ1) is 17.9. The van der Waals surface area contributed by atoms with Crippen LogP contribution in [0, 0.1) is 5.82 Å². The topological polar surface area (TPSA) is 100 Å². The number of hydrogen-bond donors (Lipinski definition) is 2. The van der Waals surface area contributed by atoms with E-state index in [0.29, 0.717) is 23.2 Å². The number of aliphatic hydroxyl groups excluding tert-OH is 1. The second-order valence-electron chi connectivity index (χ2n) is 8.42. The SMILES string of the molecule is O=C(Nc1ccc(CO)cc1)C1c2cccc(Br)c2CCN1C(=O)c1cn(-c2cccc(Cl)c2F)nn1. The van der Waals surface area contributed by atoms with E-state index in [4.69, 9.17) is 11.6 Å². The zero-order valence-electron chi connectivity index (χ0n) is 19.2. The van der Waals surface area contributed by atoms with Gasteiger partial charge in [-0.1, -0.05) is 63.1 Å². The van der Waals surface area contributed by atoms with Crippen molar-refractivity contribution in [2.45, 2.75) is 19.1 Å². The van der Waals surface area contributed by atoms with E-state index in [-0.39, 0.29) is 29.6 Å². The van der Waals surface area contributed by atoms with Gasteiger partial charge >= 0.3 is 0 Å². The molecule has 0 saturated carbocycles. The van der Waals surface area contributed by atoms with Crippen molar-refractivity contribution in [2.24, 2.45) is 0 Å². The molecule has 1 aliphatic rings. The number of halogens is 3. The van der Waals surface area contributed by atoms with Crippen molar-refractivity contribution in [3.05, 3.63) is 105 Å². The fourth-order valence-electron chi connectivity index (χ4n) is 4.33. The number of anilines is 1. The van der Waals surface area contributed by atoms with Crippen molar-refractivity contribution in [1.29, 1.82) is 0 Å². The van der Waals surface area contributed by atoms with E-state index in [9.17, 15) is 19.1 Å². The summed E-state index contributed by atoms with van der Waals surface area (Å²) in [6.07, 6.45) is 1.84. The number of aromatic nitrogens is 3. The molecule has 1 atom stereocenters. The number of aliphatic hydroxyl groups is 1. The lowest BCUT2D eigenvalue weighted by Gasteiger charge is -2.36. The standard InChI is InChI=1S/C26H20BrClFN5O3/c27-19-4-1-3-18-17(19)11-12-33(24(18)25(36)30-16-9-7-15(14-35)8-10-16)26(37)21-13-34(32-31-21)22-6-2-5-20(28)23(22)29/h1-10,13,24,35H,11-12,14H2,(H,30,36). The van der Waals surface area contributed by atoms with Gasteiger partial charge in [0, 0.05) is 16.7 Å². The number of nitrogens with one attached hydrogen (secondary N) is 1. The van der Waals surface area contributed by atoms with Gasteiger partial charge in [0.05, 0.1) is 17.8 Å². The lowest BCUT2D eigenvalue weighted by Crippen LogP contribution is -2.45. The van der Waals surface area contributed by atoms with Gasteiger partial charge in [0.2, 0.25) is 0 Å². The normalized spacial score (nSPS) is 14.8. The molecule has 0 saturated heterocycles. The minimum absolute atomic E-state index is 0.0390. The first-order valence-electron chi connectivity index (χ1n) is 11.3. The molecule has 3 aromatic carbocycles. The van der Waals surface area contributed by atoms with Crippen LogP contribution in [0.4, 0.5) is 10.1 Å². The Morgan fingerprint density at radius 1 is 1.14 bits per heavy atom. The van der Waals surface area contributed by atoms with Crippen molar-refractivity contribution in [1.82, 2.24) is 19.9 Å². The molecule has 8 nitrogen and oxygen atoms in total. The summed E-state index contributed by atoms with van der Waals surface area (Å²) >= 11 is 9.43. The highest BCUT2D eigenvalue weighted by molar-refractivity contribution is 9.10. The Morgan fingerprint density at radius 3 is 2.65 bits per heavy atom. The van der Waals surface area contributed by atoms with Crippen molar-refractivity contribution in [2.75, 3.05) is 11.9 Å². The quantitative estimate of drug-likeness (QED) is 0.355. The van der Waals surface area contributed by atoms with Crippen LogP contribution in [0.1, 0.15) is 33.2 Å². The number of hydrogen-bond acceptors (Lipinski definition) is 5. The largest absolute Gasteiger partial charge is 0.392 e. The maximum absolute atomic E-state index is 14.5. The van der Waals surface area contributed by atoms with E-state index >= 15 is 0 Å². The Hall–Kier alpha value is -3.60. The lowest BCUT2D eigenvalue weighted by atomic mass is 9.91. The molecule has 0 aliphatic carbocycles. The number of carbonyl (C=O) groups is 2. The molecule has 11 heteroatoms. The predicted octanol–water partition coefficient (Wildman–Crippen LogP) is 4.69. The average Bonchev–Trinajstić information content (AvgIpc) is 3.40. The van der Waals surface area contributed by atoms with Crippen LogP contribution in [0.3, 0.4) is 0 Å². The van der Waals surface area contributed by atoms with Crippen LogP contribution < -0.4 is 5.32 Å². The second-order valence-corrected chi connectivity index (χ2v) is 9.69. The summed E-state index contributed by atoms with van der Waals surface area (Å²) in [5.74, 6) is -1.61. The summed E-state index contributed by atoms with van der Waals surface area (Å²) in [5.41, 5.74) is 2.87. The maximum Gasteiger partial charge on any atom is 0.277 e. The molecule has 37 heavy (non-hydrogen) atoms. The highest BCUT2D eigenvalue weighted by Crippen LogP contribution is 2.35. The average molecular weight is 585 g/mol. The van der Waals surface area contributed by atoms with Gasteiger partial charge in [-0.25, -0.2) is 9.07 Å². The van der Waals surface area contributed by atoms with Crippen LogP contribution in [0.25, 0.3) is 5.69 Å². The molecule has 1 aliphatic heterocycles. The number of rotatable bonds is 5. The first kappa shape index (κ1) is 25.1. The van der Waals surface area contributed by atoms with Gasteiger partial charge in [0.15, 0.2) is 11.5 Å². The molecule has 2 amide bonds. The van der Waals surface area contributed by atoms with Crippen LogP contribution in [-0.2, 0) is 17.8 Å². The van der Waals surface area contributed by atoms with E-state index in [0.717, 1.165) is 14.7 Å². The van der Waals surface area contributed by atoms with E-state index in [2.05, 4.69) is 31.6 Å². The molecule has 0 fully saturated rings. The van der Waals surface area contributed by atoms with E-state index in [1.54, 1.807) is 30.3 Å². The molecule has 0 radical (unpaired) electrons. The van der Waals surface area contributed by atoms with Crippen molar-refractivity contribution < 1.29 is 19.1 Å². The highest BCUT2D eigenvalue weighted by Gasteiger charge is 2.38. The molecule has 5 rings (SSSR count). The minimum Gasteiger partial charge on any atom is -0.392 e. The van der Waals surface area contributed by atoms with E-state index in [1.807, 2.05) is 18.2 Å². The Morgan fingerprint density at radius 2 is 1.89 bits per heavy atom. The van der Waals surface area contributed by atoms with Crippen molar-refractivity contribution in [3.63, 3.8) is 0 Å². The molecule has 1 unspecified atom stereocenters. The Kier molecular flexibility index (Phi) is 7.05. The molecule has 1 aromatic heterocycles. The molecule has 2 N–H and O–H groups in total. The fourth-order valence-corrected chi connectivity index (χ4v) is 5.08. The van der Waals surface area contributed by atoms with Gasteiger partial charge in [-0.05, 0) is 53.4 Å². The van der Waals surface area contributed by atoms with Gasteiger partial charge in [-0.2, -0.15) is 0 Å². The summed E-state index contributed by atoms with van der Waals surface area (Å²) in [7, 11) is 0. The van der Waals surface area contributed by atoms with Crippen LogP contribution in [0.2, 0.25) is 5.02 Å². The van der Waals surface area contributed by atoms with E-state index < -0.39 is 23.7 Å². The van der Waals surface area contributed by atoms with Crippen LogP contribution in [0.5, 0.6) is 0 Å².